The molecule has 1 aliphatic rings. The molecule has 0 spiro atoms. The quantitative estimate of drug-likeness (QED) is 0.167. The molecular formula is C38H39NP2. The molecule has 0 aliphatic heterocycles. The molecule has 0 radical (unpaired) electrons. The molecule has 206 valence electrons. The lowest BCUT2D eigenvalue weighted by Crippen LogP contribution is -2.34. The van der Waals surface area contributed by atoms with E-state index in [1.165, 1.54) is 51.3 Å². The Morgan fingerprint density at radius 2 is 1.00 bits per heavy atom. The highest BCUT2D eigenvalue weighted by Gasteiger charge is 2.41. The Morgan fingerprint density at radius 1 is 0.537 bits per heavy atom. The van der Waals surface area contributed by atoms with E-state index in [9.17, 15) is 0 Å². The van der Waals surface area contributed by atoms with Crippen LogP contribution in [0, 0.1) is 5.92 Å². The molecule has 0 amide bonds. The van der Waals surface area contributed by atoms with Crippen LogP contribution in [0.5, 0.6) is 0 Å². The predicted octanol–water partition coefficient (Wildman–Crippen LogP) is 7.35. The predicted molar refractivity (Wildman–Crippen MR) is 182 cm³/mol. The summed E-state index contributed by atoms with van der Waals surface area (Å²) in [6.45, 7) is 0. The average Bonchev–Trinajstić information content (AvgIpc) is 3.48. The van der Waals surface area contributed by atoms with Crippen molar-refractivity contribution in [2.24, 2.45) is 5.92 Å². The Bertz CT molecular complexity index is 1430. The van der Waals surface area contributed by atoms with Gasteiger partial charge < -0.3 is 4.90 Å². The molecule has 1 fully saturated rings. The van der Waals surface area contributed by atoms with Crippen molar-refractivity contribution in [1.82, 2.24) is 4.90 Å². The van der Waals surface area contributed by atoms with Gasteiger partial charge in [0.05, 0.1) is 0 Å². The zero-order valence-corrected chi connectivity index (χ0v) is 25.8. The zero-order chi connectivity index (χ0) is 28.0. The molecule has 0 N–H and O–H groups in total. The molecule has 41 heavy (non-hydrogen) atoms. The number of nitrogens with zero attached hydrogens (tertiary/aromatic N) is 1. The lowest BCUT2D eigenvalue weighted by atomic mass is 9.90. The summed E-state index contributed by atoms with van der Waals surface area (Å²) in [5, 5.41) is 7.26. The minimum Gasteiger partial charge on any atom is -0.302 e. The molecule has 3 heteroatoms. The van der Waals surface area contributed by atoms with Crippen LogP contribution in [0.4, 0.5) is 0 Å². The van der Waals surface area contributed by atoms with Gasteiger partial charge in [-0.15, -0.1) is 0 Å². The van der Waals surface area contributed by atoms with Crippen molar-refractivity contribution in [3.05, 3.63) is 151 Å². The van der Waals surface area contributed by atoms with E-state index in [4.69, 9.17) is 0 Å². The Kier molecular flexibility index (Phi) is 9.08. The van der Waals surface area contributed by atoms with E-state index in [-0.39, 0.29) is 0 Å². The van der Waals surface area contributed by atoms with Crippen LogP contribution in [-0.2, 0) is 0 Å². The normalized spacial score (nSPS) is 17.8. The number of benzene rings is 5. The Balaban J connectivity index is 1.41. The van der Waals surface area contributed by atoms with E-state index >= 15 is 0 Å². The average molecular weight is 572 g/mol. The van der Waals surface area contributed by atoms with Gasteiger partial charge in [0.25, 0.3) is 0 Å². The molecular weight excluding hydrogens is 532 g/mol. The SMILES string of the molecule is CN(C)[C@@H](c1cccc(P(c2ccccc2)c2ccccc2)c1)C1CCCC1P(c1ccccc1)c1ccccc1. The van der Waals surface area contributed by atoms with Gasteiger partial charge in [0.15, 0.2) is 0 Å². The Labute approximate surface area is 248 Å². The van der Waals surface area contributed by atoms with Crippen LogP contribution in [0.25, 0.3) is 0 Å². The molecule has 3 atom stereocenters. The Hall–Kier alpha value is -3.08. The first-order valence-electron chi connectivity index (χ1n) is 14.8. The van der Waals surface area contributed by atoms with Crippen LogP contribution in [0.1, 0.15) is 30.9 Å². The smallest absolute Gasteiger partial charge is 0.0376 e. The topological polar surface area (TPSA) is 3.24 Å². The largest absolute Gasteiger partial charge is 0.302 e. The molecule has 0 heterocycles. The summed E-state index contributed by atoms with van der Waals surface area (Å²) >= 11 is 0. The molecule has 1 saturated carbocycles. The standard InChI is InChI=1S/C38H39NP2/c1-39(2)38(36-27-16-28-37(36)41(33-22-11-5-12-23-33)34-24-13-6-14-25-34)30-17-15-26-35(29-30)40(31-18-7-3-8-19-31)32-20-9-4-10-21-32/h3-15,17-26,29,36-38H,16,27-28H2,1-2H3/t36?,37?,38-/m0/s1. The van der Waals surface area contributed by atoms with E-state index in [1.54, 1.807) is 0 Å². The minimum atomic E-state index is -0.629. The summed E-state index contributed by atoms with van der Waals surface area (Å²) in [4.78, 5) is 2.50. The number of hydrogen-bond acceptors (Lipinski definition) is 1. The summed E-state index contributed by atoms with van der Waals surface area (Å²) in [5.74, 6) is 0.603. The van der Waals surface area contributed by atoms with Gasteiger partial charge in [-0.1, -0.05) is 146 Å². The van der Waals surface area contributed by atoms with E-state index in [0.717, 1.165) is 0 Å². The van der Waals surface area contributed by atoms with Crippen molar-refractivity contribution < 1.29 is 0 Å². The highest BCUT2D eigenvalue weighted by Crippen LogP contribution is 2.54. The van der Waals surface area contributed by atoms with Crippen molar-refractivity contribution in [2.75, 3.05) is 14.1 Å². The van der Waals surface area contributed by atoms with Crippen LogP contribution in [0.3, 0.4) is 0 Å². The lowest BCUT2D eigenvalue weighted by molar-refractivity contribution is 0.217. The molecule has 1 nitrogen and oxygen atoms in total. The van der Waals surface area contributed by atoms with Gasteiger partial charge >= 0.3 is 0 Å². The van der Waals surface area contributed by atoms with Crippen LogP contribution in [-0.4, -0.2) is 24.7 Å². The molecule has 0 aromatic heterocycles. The van der Waals surface area contributed by atoms with Gasteiger partial charge in [-0.05, 0) is 92.5 Å². The van der Waals surface area contributed by atoms with Crippen molar-refractivity contribution in [3.8, 4) is 0 Å². The second-order valence-corrected chi connectivity index (χ2v) is 15.9. The molecule has 0 bridgehead atoms. The first-order valence-corrected chi connectivity index (χ1v) is 17.5. The monoisotopic (exact) mass is 571 g/mol. The first-order chi connectivity index (χ1) is 20.2. The zero-order valence-electron chi connectivity index (χ0n) is 24.1. The van der Waals surface area contributed by atoms with Crippen LogP contribution in [0.15, 0.2) is 146 Å². The van der Waals surface area contributed by atoms with Gasteiger partial charge in [-0.3, -0.25) is 0 Å². The van der Waals surface area contributed by atoms with Gasteiger partial charge in [0, 0.05) is 6.04 Å². The van der Waals surface area contributed by atoms with Crippen LogP contribution in [0.2, 0.25) is 0 Å². The van der Waals surface area contributed by atoms with Gasteiger partial charge in [0.2, 0.25) is 0 Å². The molecule has 6 rings (SSSR count). The summed E-state index contributed by atoms with van der Waals surface area (Å²) in [6.07, 6.45) is 3.88. The van der Waals surface area contributed by atoms with Crippen molar-refractivity contribution in [2.45, 2.75) is 31.0 Å². The maximum Gasteiger partial charge on any atom is 0.0376 e. The van der Waals surface area contributed by atoms with Crippen LogP contribution < -0.4 is 26.5 Å². The third-order valence-corrected chi connectivity index (χ3v) is 13.8. The van der Waals surface area contributed by atoms with Crippen molar-refractivity contribution in [1.29, 1.82) is 0 Å². The second kappa shape index (κ2) is 13.3. The lowest BCUT2D eigenvalue weighted by Gasteiger charge is -2.38. The number of hydrogen-bond donors (Lipinski definition) is 0. The summed E-state index contributed by atoms with van der Waals surface area (Å²) < 4.78 is 0. The molecule has 0 saturated heterocycles. The third-order valence-electron chi connectivity index (χ3n) is 8.39. The van der Waals surface area contributed by atoms with E-state index in [2.05, 4.69) is 165 Å². The fraction of sp³-hybridized carbons (Fsp3) is 0.211. The highest BCUT2D eigenvalue weighted by atomic mass is 31.1. The second-order valence-electron chi connectivity index (χ2n) is 11.2. The Morgan fingerprint density at radius 3 is 1.49 bits per heavy atom. The van der Waals surface area contributed by atoms with Crippen molar-refractivity contribution in [3.63, 3.8) is 0 Å². The first kappa shape index (κ1) is 28.1. The molecule has 2 unspecified atom stereocenters. The maximum absolute atomic E-state index is 2.54. The van der Waals surface area contributed by atoms with Gasteiger partial charge in [-0.2, -0.15) is 0 Å². The molecule has 5 aromatic carbocycles. The summed E-state index contributed by atoms with van der Waals surface area (Å²) in [6, 6.07) is 54.8. The third kappa shape index (κ3) is 6.24. The van der Waals surface area contributed by atoms with Gasteiger partial charge in [-0.25, -0.2) is 0 Å². The fourth-order valence-electron chi connectivity index (χ4n) is 6.74. The summed E-state index contributed by atoms with van der Waals surface area (Å²) in [7, 11) is 3.50. The highest BCUT2D eigenvalue weighted by molar-refractivity contribution is 7.79. The van der Waals surface area contributed by atoms with E-state index in [0.29, 0.717) is 17.6 Å². The van der Waals surface area contributed by atoms with Crippen molar-refractivity contribution >= 4 is 42.4 Å². The van der Waals surface area contributed by atoms with Crippen LogP contribution >= 0.6 is 15.8 Å². The van der Waals surface area contributed by atoms with Gasteiger partial charge in [0.1, 0.15) is 0 Å². The van der Waals surface area contributed by atoms with E-state index < -0.39 is 15.8 Å². The number of rotatable bonds is 9. The fourth-order valence-corrected chi connectivity index (χ4v) is 12.3. The van der Waals surface area contributed by atoms with E-state index in [1.807, 2.05) is 0 Å². The molecule has 1 aliphatic carbocycles. The maximum atomic E-state index is 2.54. The molecule has 5 aromatic rings. The summed E-state index contributed by atoms with van der Waals surface area (Å²) in [5.41, 5.74) is 2.11. The minimum absolute atomic E-state index is 0.378.